The second kappa shape index (κ2) is 5.44. The molecule has 0 atom stereocenters. The van der Waals surface area contributed by atoms with E-state index in [2.05, 4.69) is 17.6 Å². The maximum absolute atomic E-state index is 11.5. The van der Waals surface area contributed by atoms with Crippen LogP contribution in [0.15, 0.2) is 24.4 Å². The molecule has 0 fully saturated rings. The van der Waals surface area contributed by atoms with Crippen molar-refractivity contribution in [2.45, 2.75) is 26.3 Å². The van der Waals surface area contributed by atoms with E-state index in [-0.39, 0.29) is 5.91 Å². The number of nitrogens with zero attached hydrogens (tertiary/aromatic N) is 1. The van der Waals surface area contributed by atoms with E-state index in [0.29, 0.717) is 11.4 Å². The summed E-state index contributed by atoms with van der Waals surface area (Å²) in [6.45, 7) is 2.92. The third kappa shape index (κ3) is 2.23. The Hall–Kier alpha value is -1.48. The van der Waals surface area contributed by atoms with Crippen molar-refractivity contribution < 1.29 is 4.79 Å². The summed E-state index contributed by atoms with van der Waals surface area (Å²) in [7, 11) is 0. The van der Waals surface area contributed by atoms with Crippen LogP contribution >= 0.6 is 11.6 Å². The second-order valence-corrected chi connectivity index (χ2v) is 4.69. The Balaban J connectivity index is 2.64. The first-order valence-electron chi connectivity index (χ1n) is 6.15. The van der Waals surface area contributed by atoms with E-state index in [4.69, 9.17) is 17.3 Å². The van der Waals surface area contributed by atoms with Crippen molar-refractivity contribution in [3.05, 3.63) is 35.5 Å². The van der Waals surface area contributed by atoms with Crippen molar-refractivity contribution in [3.8, 4) is 0 Å². The van der Waals surface area contributed by atoms with Gasteiger partial charge in [0.1, 0.15) is 0 Å². The van der Waals surface area contributed by atoms with Crippen LogP contribution in [0, 0.1) is 0 Å². The summed E-state index contributed by atoms with van der Waals surface area (Å²) in [6, 6.07) is 6.01. The minimum absolute atomic E-state index is 0.377. The van der Waals surface area contributed by atoms with E-state index in [1.54, 1.807) is 0 Å². The fourth-order valence-electron chi connectivity index (χ4n) is 2.33. The van der Waals surface area contributed by atoms with Gasteiger partial charge in [0.15, 0.2) is 0 Å². The SMILES string of the molecule is CCc1cccc2c(C(N)=O)cn(CCCCl)c12. The zero-order valence-electron chi connectivity index (χ0n) is 10.4. The lowest BCUT2D eigenvalue weighted by Crippen LogP contribution is -2.10. The van der Waals surface area contributed by atoms with Crippen molar-refractivity contribution >= 4 is 28.4 Å². The van der Waals surface area contributed by atoms with Crippen molar-refractivity contribution in [1.82, 2.24) is 4.57 Å². The molecule has 2 aromatic rings. The number of hydrogen-bond donors (Lipinski definition) is 1. The van der Waals surface area contributed by atoms with Gasteiger partial charge in [0.2, 0.25) is 0 Å². The molecule has 0 aliphatic carbocycles. The van der Waals surface area contributed by atoms with Gasteiger partial charge in [0, 0.05) is 24.0 Å². The summed E-state index contributed by atoms with van der Waals surface area (Å²) in [5, 5.41) is 0.941. The van der Waals surface area contributed by atoms with Gasteiger partial charge in [-0.15, -0.1) is 11.6 Å². The molecular formula is C14H17ClN2O. The molecule has 3 nitrogen and oxygen atoms in total. The van der Waals surface area contributed by atoms with E-state index in [1.807, 2.05) is 18.3 Å². The second-order valence-electron chi connectivity index (χ2n) is 4.31. The van der Waals surface area contributed by atoms with Crippen LogP contribution in [0.2, 0.25) is 0 Å². The van der Waals surface area contributed by atoms with Gasteiger partial charge in [-0.1, -0.05) is 25.1 Å². The van der Waals surface area contributed by atoms with Gasteiger partial charge in [-0.2, -0.15) is 0 Å². The third-order valence-electron chi connectivity index (χ3n) is 3.16. The van der Waals surface area contributed by atoms with Gasteiger partial charge in [-0.3, -0.25) is 4.79 Å². The standard InChI is InChI=1S/C14H17ClN2O/c1-2-10-5-3-6-11-12(14(16)18)9-17(13(10)11)8-4-7-15/h3,5-6,9H,2,4,7-8H2,1H3,(H2,16,18). The fourth-order valence-corrected chi connectivity index (χ4v) is 2.45. The molecule has 4 heteroatoms. The lowest BCUT2D eigenvalue weighted by molar-refractivity contribution is 0.100. The number of alkyl halides is 1. The zero-order chi connectivity index (χ0) is 13.1. The number of amides is 1. The van der Waals surface area contributed by atoms with Crippen LogP contribution in [0.1, 0.15) is 29.3 Å². The molecule has 0 saturated carbocycles. The molecule has 2 N–H and O–H groups in total. The summed E-state index contributed by atoms with van der Waals surface area (Å²) in [5.41, 5.74) is 8.37. The van der Waals surface area contributed by atoms with Crippen LogP contribution in [-0.4, -0.2) is 16.4 Å². The molecule has 1 aromatic heterocycles. The normalized spacial score (nSPS) is 11.0. The minimum atomic E-state index is -0.377. The Morgan fingerprint density at radius 1 is 1.44 bits per heavy atom. The largest absolute Gasteiger partial charge is 0.366 e. The first-order valence-corrected chi connectivity index (χ1v) is 6.69. The number of benzene rings is 1. The Morgan fingerprint density at radius 3 is 2.83 bits per heavy atom. The van der Waals surface area contributed by atoms with E-state index < -0.39 is 0 Å². The van der Waals surface area contributed by atoms with Crippen LogP contribution in [0.25, 0.3) is 10.9 Å². The highest BCUT2D eigenvalue weighted by Crippen LogP contribution is 2.25. The molecule has 0 aliphatic heterocycles. The van der Waals surface area contributed by atoms with Crippen LogP contribution in [0.4, 0.5) is 0 Å². The molecule has 1 heterocycles. The number of carbonyl (C=O) groups excluding carboxylic acids is 1. The number of aryl methyl sites for hydroxylation is 2. The highest BCUT2D eigenvalue weighted by atomic mass is 35.5. The molecule has 1 amide bonds. The van der Waals surface area contributed by atoms with Crippen LogP contribution < -0.4 is 5.73 Å². The topological polar surface area (TPSA) is 48.0 Å². The van der Waals surface area contributed by atoms with Gasteiger partial charge in [-0.05, 0) is 18.4 Å². The van der Waals surface area contributed by atoms with Gasteiger partial charge < -0.3 is 10.3 Å². The summed E-state index contributed by atoms with van der Waals surface area (Å²) < 4.78 is 2.09. The van der Waals surface area contributed by atoms with Gasteiger partial charge in [0.25, 0.3) is 5.91 Å². The van der Waals surface area contributed by atoms with Gasteiger partial charge >= 0.3 is 0 Å². The lowest BCUT2D eigenvalue weighted by Gasteiger charge is -2.07. The van der Waals surface area contributed by atoms with Crippen LogP contribution in [-0.2, 0) is 13.0 Å². The van der Waals surface area contributed by atoms with Crippen LogP contribution in [0.3, 0.4) is 0 Å². The van der Waals surface area contributed by atoms with Crippen LogP contribution in [0.5, 0.6) is 0 Å². The summed E-state index contributed by atoms with van der Waals surface area (Å²) in [4.78, 5) is 11.5. The molecule has 0 aliphatic rings. The lowest BCUT2D eigenvalue weighted by atomic mass is 10.1. The average molecular weight is 265 g/mol. The maximum atomic E-state index is 11.5. The average Bonchev–Trinajstić information content (AvgIpc) is 2.75. The number of hydrogen-bond acceptors (Lipinski definition) is 1. The fraction of sp³-hybridized carbons (Fsp3) is 0.357. The van der Waals surface area contributed by atoms with Crippen molar-refractivity contribution in [1.29, 1.82) is 0 Å². The number of para-hydroxylation sites is 1. The quantitative estimate of drug-likeness (QED) is 0.830. The number of primary amides is 1. The minimum Gasteiger partial charge on any atom is -0.366 e. The smallest absolute Gasteiger partial charge is 0.250 e. The molecule has 0 unspecified atom stereocenters. The van der Waals surface area contributed by atoms with E-state index in [1.165, 1.54) is 5.56 Å². The summed E-state index contributed by atoms with van der Waals surface area (Å²) in [5.74, 6) is 0.234. The van der Waals surface area contributed by atoms with Crippen molar-refractivity contribution in [3.63, 3.8) is 0 Å². The monoisotopic (exact) mass is 264 g/mol. The Bertz CT molecular complexity index is 574. The first-order chi connectivity index (χ1) is 8.69. The zero-order valence-corrected chi connectivity index (χ0v) is 11.2. The third-order valence-corrected chi connectivity index (χ3v) is 3.43. The number of aromatic nitrogens is 1. The Labute approximate surface area is 112 Å². The molecule has 96 valence electrons. The molecule has 0 spiro atoms. The number of carbonyl (C=O) groups is 1. The summed E-state index contributed by atoms with van der Waals surface area (Å²) >= 11 is 5.74. The predicted octanol–water partition coefficient (Wildman–Crippen LogP) is 2.93. The highest BCUT2D eigenvalue weighted by Gasteiger charge is 2.14. The predicted molar refractivity (Wildman–Crippen MR) is 75.2 cm³/mol. The Morgan fingerprint density at radius 2 is 2.22 bits per heavy atom. The molecule has 0 bridgehead atoms. The molecule has 2 rings (SSSR count). The molecule has 18 heavy (non-hydrogen) atoms. The molecule has 0 saturated heterocycles. The highest BCUT2D eigenvalue weighted by molar-refractivity contribution is 6.17. The Kier molecular flexibility index (Phi) is 3.92. The van der Waals surface area contributed by atoms with Gasteiger partial charge in [0.05, 0.1) is 11.1 Å². The van der Waals surface area contributed by atoms with E-state index in [0.717, 1.165) is 30.3 Å². The summed E-state index contributed by atoms with van der Waals surface area (Å²) in [6.07, 6.45) is 3.65. The van der Waals surface area contributed by atoms with Crippen molar-refractivity contribution in [2.75, 3.05) is 5.88 Å². The number of rotatable bonds is 5. The maximum Gasteiger partial charge on any atom is 0.250 e. The number of nitrogens with two attached hydrogens (primary N) is 1. The number of fused-ring (bicyclic) bond motifs is 1. The molecule has 0 radical (unpaired) electrons. The first kappa shape index (κ1) is 13.0. The van der Waals surface area contributed by atoms with Crippen molar-refractivity contribution in [2.24, 2.45) is 5.73 Å². The number of halogens is 1. The van der Waals surface area contributed by atoms with Gasteiger partial charge in [-0.25, -0.2) is 0 Å². The molecular weight excluding hydrogens is 248 g/mol. The van der Waals surface area contributed by atoms with E-state index in [9.17, 15) is 4.79 Å². The molecule has 1 aromatic carbocycles. The van der Waals surface area contributed by atoms with E-state index >= 15 is 0 Å².